The van der Waals surface area contributed by atoms with E-state index in [1.807, 2.05) is 55.5 Å². The predicted molar refractivity (Wildman–Crippen MR) is 144 cm³/mol. The highest BCUT2D eigenvalue weighted by atomic mass is 32.1. The molecule has 0 atom stereocenters. The molecular weight excluding hydrogens is 474 g/mol. The summed E-state index contributed by atoms with van der Waals surface area (Å²) in [5.74, 6) is 2.73. The number of fused-ring (bicyclic) bond motifs is 1. The maximum absolute atomic E-state index is 13.0. The van der Waals surface area contributed by atoms with Crippen molar-refractivity contribution in [3.05, 3.63) is 62.9 Å². The van der Waals surface area contributed by atoms with Crippen LogP contribution in [-0.4, -0.2) is 34.4 Å². The Morgan fingerprint density at radius 1 is 0.889 bits per heavy atom. The Hall–Kier alpha value is -3.39. The van der Waals surface area contributed by atoms with Gasteiger partial charge in [0.05, 0.1) is 24.4 Å². The summed E-state index contributed by atoms with van der Waals surface area (Å²) < 4.78 is 19.3. The lowest BCUT2D eigenvalue weighted by molar-refractivity contribution is 0.277. The molecule has 0 unspecified atom stereocenters. The molecule has 4 rings (SSSR count). The molecule has 0 saturated carbocycles. The van der Waals surface area contributed by atoms with Crippen molar-refractivity contribution >= 4 is 22.4 Å². The van der Waals surface area contributed by atoms with Gasteiger partial charge in [0, 0.05) is 5.56 Å². The molecule has 0 amide bonds. The Balaban J connectivity index is 1.51. The Morgan fingerprint density at radius 3 is 2.44 bits per heavy atom. The van der Waals surface area contributed by atoms with E-state index in [4.69, 9.17) is 14.2 Å². The molecule has 7 nitrogen and oxygen atoms in total. The van der Waals surface area contributed by atoms with Gasteiger partial charge < -0.3 is 14.2 Å². The van der Waals surface area contributed by atoms with Crippen LogP contribution in [0.1, 0.15) is 58.4 Å². The van der Waals surface area contributed by atoms with Gasteiger partial charge in [-0.1, -0.05) is 50.5 Å². The predicted octanol–water partition coefficient (Wildman–Crippen LogP) is 5.51. The number of hydrogen-bond acceptors (Lipinski definition) is 7. The van der Waals surface area contributed by atoms with Gasteiger partial charge in [-0.05, 0) is 67.8 Å². The third-order valence-electron chi connectivity index (χ3n) is 5.59. The fraction of sp³-hybridized carbons (Fsp3) is 0.393. The summed E-state index contributed by atoms with van der Waals surface area (Å²) in [5, 5.41) is 4.46. The van der Waals surface area contributed by atoms with E-state index in [2.05, 4.69) is 23.9 Å². The summed E-state index contributed by atoms with van der Waals surface area (Å²) >= 11 is 1.32. The zero-order valence-corrected chi connectivity index (χ0v) is 22.0. The minimum Gasteiger partial charge on any atom is -0.494 e. The van der Waals surface area contributed by atoms with Crippen LogP contribution < -0.4 is 24.3 Å². The molecule has 0 N–H and O–H groups in total. The highest BCUT2D eigenvalue weighted by molar-refractivity contribution is 7.15. The summed E-state index contributed by atoms with van der Waals surface area (Å²) in [7, 11) is 0. The summed E-state index contributed by atoms with van der Waals surface area (Å²) in [6.07, 6.45) is 7.45. The molecule has 2 heterocycles. The highest BCUT2D eigenvalue weighted by Crippen LogP contribution is 2.29. The molecule has 0 radical (unpaired) electrons. The summed E-state index contributed by atoms with van der Waals surface area (Å²) in [5.41, 5.74) is 1.51. The molecule has 0 spiro atoms. The maximum atomic E-state index is 13.0. The lowest BCUT2D eigenvalue weighted by Crippen LogP contribution is -2.23. The molecule has 0 saturated heterocycles. The van der Waals surface area contributed by atoms with Crippen LogP contribution in [0.5, 0.6) is 17.2 Å². The largest absolute Gasteiger partial charge is 0.494 e. The molecule has 0 aliphatic carbocycles. The monoisotopic (exact) mass is 507 g/mol. The van der Waals surface area contributed by atoms with E-state index < -0.39 is 0 Å². The number of aromatic nitrogens is 3. The Morgan fingerprint density at radius 2 is 1.72 bits per heavy atom. The van der Waals surface area contributed by atoms with Gasteiger partial charge in [0.25, 0.3) is 5.56 Å². The second kappa shape index (κ2) is 12.5. The maximum Gasteiger partial charge on any atom is 0.291 e. The van der Waals surface area contributed by atoms with E-state index in [9.17, 15) is 4.79 Å². The van der Waals surface area contributed by atoms with E-state index >= 15 is 0 Å². The Kier molecular flexibility index (Phi) is 8.95. The van der Waals surface area contributed by atoms with E-state index in [1.165, 1.54) is 35.1 Å². The van der Waals surface area contributed by atoms with Gasteiger partial charge in [0.1, 0.15) is 5.75 Å². The van der Waals surface area contributed by atoms with Crippen molar-refractivity contribution in [2.24, 2.45) is 0 Å². The second-order valence-electron chi connectivity index (χ2n) is 8.47. The normalized spacial score (nSPS) is 11.8. The van der Waals surface area contributed by atoms with E-state index in [0.29, 0.717) is 40.0 Å². The van der Waals surface area contributed by atoms with E-state index in [0.717, 1.165) is 36.3 Å². The zero-order valence-electron chi connectivity index (χ0n) is 21.2. The fourth-order valence-electron chi connectivity index (χ4n) is 3.74. The number of unbranched alkanes of at least 4 members (excludes halogenated alkanes) is 3. The molecule has 2 aromatic heterocycles. The first-order valence-electron chi connectivity index (χ1n) is 12.7. The fourth-order valence-corrected chi connectivity index (χ4v) is 4.65. The van der Waals surface area contributed by atoms with Crippen LogP contribution in [-0.2, 0) is 0 Å². The van der Waals surface area contributed by atoms with Crippen LogP contribution in [0.25, 0.3) is 22.4 Å². The first-order valence-corrected chi connectivity index (χ1v) is 13.5. The van der Waals surface area contributed by atoms with Crippen LogP contribution in [0.2, 0.25) is 0 Å². The van der Waals surface area contributed by atoms with Crippen molar-refractivity contribution in [2.45, 2.75) is 52.9 Å². The number of rotatable bonds is 13. The molecule has 0 bridgehead atoms. The minimum absolute atomic E-state index is 0.190. The third kappa shape index (κ3) is 6.23. The topological polar surface area (TPSA) is 75.0 Å². The molecule has 0 aliphatic rings. The quantitative estimate of drug-likeness (QED) is 0.222. The first kappa shape index (κ1) is 25.7. The van der Waals surface area contributed by atoms with Crippen molar-refractivity contribution in [1.82, 2.24) is 14.6 Å². The SMILES string of the molecule is CCCCCCOc1ccc(-c2nc3sc(=Cc4ccc(OCCC)c(OCC)c4)c(=O)n3n2)cc1. The molecule has 0 fully saturated rings. The van der Waals surface area contributed by atoms with Crippen molar-refractivity contribution in [2.75, 3.05) is 19.8 Å². The van der Waals surface area contributed by atoms with Crippen molar-refractivity contribution in [3.63, 3.8) is 0 Å². The van der Waals surface area contributed by atoms with Crippen LogP contribution in [0.4, 0.5) is 0 Å². The summed E-state index contributed by atoms with van der Waals surface area (Å²) in [6, 6.07) is 13.4. The van der Waals surface area contributed by atoms with Crippen LogP contribution in [0.3, 0.4) is 0 Å². The lowest BCUT2D eigenvalue weighted by atomic mass is 10.2. The number of ether oxygens (including phenoxy) is 3. The Labute approximate surface area is 215 Å². The number of nitrogens with zero attached hydrogens (tertiary/aromatic N) is 3. The van der Waals surface area contributed by atoms with Crippen molar-refractivity contribution < 1.29 is 14.2 Å². The molecule has 0 aliphatic heterocycles. The average Bonchev–Trinajstić information content (AvgIpc) is 3.43. The molecule has 190 valence electrons. The summed E-state index contributed by atoms with van der Waals surface area (Å²) in [6.45, 7) is 8.07. The number of thiazole rings is 1. The zero-order chi connectivity index (χ0) is 25.3. The van der Waals surface area contributed by atoms with Gasteiger partial charge >= 0.3 is 0 Å². The van der Waals surface area contributed by atoms with E-state index in [-0.39, 0.29) is 5.56 Å². The van der Waals surface area contributed by atoms with Gasteiger partial charge in [-0.2, -0.15) is 9.50 Å². The molecular formula is C28H33N3O4S. The lowest BCUT2D eigenvalue weighted by Gasteiger charge is -2.11. The Bertz CT molecular complexity index is 1380. The highest BCUT2D eigenvalue weighted by Gasteiger charge is 2.13. The molecule has 4 aromatic rings. The van der Waals surface area contributed by atoms with Gasteiger partial charge in [-0.3, -0.25) is 4.79 Å². The van der Waals surface area contributed by atoms with Gasteiger partial charge in [-0.25, -0.2) is 0 Å². The van der Waals surface area contributed by atoms with Crippen LogP contribution in [0, 0.1) is 0 Å². The average molecular weight is 508 g/mol. The molecule has 36 heavy (non-hydrogen) atoms. The summed E-state index contributed by atoms with van der Waals surface area (Å²) in [4.78, 5) is 18.2. The van der Waals surface area contributed by atoms with Crippen LogP contribution >= 0.6 is 11.3 Å². The van der Waals surface area contributed by atoms with Crippen LogP contribution in [0.15, 0.2) is 47.3 Å². The van der Waals surface area contributed by atoms with Gasteiger partial charge in [0.2, 0.25) is 4.96 Å². The van der Waals surface area contributed by atoms with Crippen molar-refractivity contribution in [1.29, 1.82) is 0 Å². The van der Waals surface area contributed by atoms with E-state index in [1.54, 1.807) is 0 Å². The molecule has 2 aromatic carbocycles. The number of hydrogen-bond donors (Lipinski definition) is 0. The standard InChI is InChI=1S/C28H33N3O4S/c1-4-7-8-9-17-34-22-13-11-21(12-14-22)26-29-28-31(30-26)27(32)25(36-28)19-20-10-15-23(35-16-5-2)24(18-20)33-6-3/h10-15,18-19H,4-9,16-17H2,1-3H3. The first-order chi connectivity index (χ1) is 17.6. The minimum atomic E-state index is -0.190. The number of benzene rings is 2. The van der Waals surface area contributed by atoms with Gasteiger partial charge in [0.15, 0.2) is 17.3 Å². The second-order valence-corrected chi connectivity index (χ2v) is 9.48. The molecule has 8 heteroatoms. The smallest absolute Gasteiger partial charge is 0.291 e. The third-order valence-corrected chi connectivity index (χ3v) is 6.55. The van der Waals surface area contributed by atoms with Crippen molar-refractivity contribution in [3.8, 4) is 28.6 Å². The van der Waals surface area contributed by atoms with Gasteiger partial charge in [-0.15, -0.1) is 5.10 Å².